The summed E-state index contributed by atoms with van der Waals surface area (Å²) >= 11 is 0. The molecule has 0 saturated carbocycles. The average Bonchev–Trinajstić information content (AvgIpc) is 2.65. The molecule has 0 atom stereocenters. The second-order valence-corrected chi connectivity index (χ2v) is 2.62. The molecule has 0 amide bonds. The molecule has 0 saturated heterocycles. The van der Waals surface area contributed by atoms with E-state index in [4.69, 9.17) is 5.26 Å². The smallest absolute Gasteiger partial charge is 0.389 e. The van der Waals surface area contributed by atoms with Crippen LogP contribution in [0.15, 0.2) is 39.8 Å². The van der Waals surface area contributed by atoms with Crippen LogP contribution in [0.2, 0.25) is 0 Å². The van der Waals surface area contributed by atoms with E-state index in [-0.39, 0.29) is 6.15 Å². The summed E-state index contributed by atoms with van der Waals surface area (Å²) in [4.78, 5) is 10.7. The van der Waals surface area contributed by atoms with Gasteiger partial charge >= 0.3 is 5.63 Å². The molecule has 1 heterocycles. The van der Waals surface area contributed by atoms with Crippen LogP contribution in [0.4, 0.5) is 0 Å². The van der Waals surface area contributed by atoms with Gasteiger partial charge in [0.1, 0.15) is 0 Å². The lowest BCUT2D eigenvalue weighted by Gasteiger charge is -1.94. The molecule has 0 N–H and O–H groups in total. The Morgan fingerprint density at radius 2 is 2.00 bits per heavy atom. The third kappa shape index (κ3) is 2.10. The number of nitriles is 1. The highest BCUT2D eigenvalue weighted by Gasteiger charge is 2.02. The summed E-state index contributed by atoms with van der Waals surface area (Å²) in [5, 5.41) is 12.0. The van der Waals surface area contributed by atoms with Gasteiger partial charge < -0.3 is 4.52 Å². The summed E-state index contributed by atoms with van der Waals surface area (Å²) in [6, 6.07) is 8.64. The predicted molar refractivity (Wildman–Crippen MR) is 46.7 cm³/mol. The van der Waals surface area contributed by atoms with Crippen molar-refractivity contribution in [1.29, 1.82) is 5.26 Å². The number of hydrogen-bond acceptors (Lipinski definition) is 3. The molecular formula is C9H5N4O2. The maximum Gasteiger partial charge on any atom is 0.389 e. The molecule has 6 heteroatoms. The van der Waals surface area contributed by atoms with Gasteiger partial charge in [-0.1, -0.05) is 0 Å². The fraction of sp³-hybridized carbons (Fsp3) is 0. The van der Waals surface area contributed by atoms with E-state index in [1.54, 1.807) is 24.3 Å². The molecular weight excluding hydrogens is 196 g/mol. The van der Waals surface area contributed by atoms with E-state index in [1.165, 1.54) is 10.9 Å². The Bertz CT molecular complexity index is 532. The first-order valence-corrected chi connectivity index (χ1v) is 3.86. The summed E-state index contributed by atoms with van der Waals surface area (Å²) in [5.41, 5.74) is 0.726. The first kappa shape index (κ1) is 10.7. The monoisotopic (exact) mass is 201 g/mol. The number of hydrogen-bond donors (Lipinski definition) is 0. The second-order valence-electron chi connectivity index (χ2n) is 2.62. The lowest BCUT2D eigenvalue weighted by molar-refractivity contribution is -0.676. The van der Waals surface area contributed by atoms with Crippen LogP contribution in [0.5, 0.6) is 0 Å². The molecule has 0 unspecified atom stereocenters. The molecule has 0 aliphatic rings. The standard InChI is InChI=1S/C9H5N3O2.N/c10-5-7-1-3-8(4-2-7)12-6-9(13)14-11-12;/h1-4,6H;. The Morgan fingerprint density at radius 1 is 1.33 bits per heavy atom. The van der Waals surface area contributed by atoms with Gasteiger partial charge in [0.25, 0.3) is 6.20 Å². The number of rotatable bonds is 1. The van der Waals surface area contributed by atoms with Crippen LogP contribution in [0.3, 0.4) is 0 Å². The van der Waals surface area contributed by atoms with Crippen molar-refractivity contribution in [3.8, 4) is 11.8 Å². The molecule has 0 spiro atoms. The number of aromatic nitrogens is 2. The van der Waals surface area contributed by atoms with Crippen molar-refractivity contribution in [2.45, 2.75) is 0 Å². The maximum atomic E-state index is 10.7. The van der Waals surface area contributed by atoms with Gasteiger partial charge in [0.15, 0.2) is 0 Å². The van der Waals surface area contributed by atoms with E-state index in [0.717, 1.165) is 0 Å². The molecule has 1 aromatic heterocycles. The zero-order valence-corrected chi connectivity index (χ0v) is 7.49. The van der Waals surface area contributed by atoms with Crippen molar-refractivity contribution in [3.05, 3.63) is 46.4 Å². The SMILES string of the molecule is N#Cc1ccc(-[n+]2cc(=O)o[n-]2)cc1.[N]. The predicted octanol–water partition coefficient (Wildman–Crippen LogP) is -0.735. The first-order valence-electron chi connectivity index (χ1n) is 3.86. The van der Waals surface area contributed by atoms with Crippen molar-refractivity contribution < 1.29 is 9.20 Å². The normalized spacial score (nSPS) is 9.00. The van der Waals surface area contributed by atoms with Crippen LogP contribution in [-0.2, 0) is 0 Å². The van der Waals surface area contributed by atoms with E-state index in [2.05, 4.69) is 9.79 Å². The topological polar surface area (TPSA) is 102 Å². The molecule has 6 nitrogen and oxygen atoms in total. The van der Waals surface area contributed by atoms with Gasteiger partial charge in [-0.3, -0.25) is 0 Å². The summed E-state index contributed by atoms with van der Waals surface area (Å²) in [6.45, 7) is 0. The third-order valence-corrected chi connectivity index (χ3v) is 1.71. The second kappa shape index (κ2) is 4.21. The van der Waals surface area contributed by atoms with Crippen LogP contribution in [0, 0.1) is 11.3 Å². The van der Waals surface area contributed by atoms with Crippen LogP contribution in [-0.4, -0.2) is 0 Å². The van der Waals surface area contributed by atoms with Crippen molar-refractivity contribution >= 4 is 0 Å². The highest BCUT2D eigenvalue weighted by Crippen LogP contribution is 2.00. The Kier molecular flexibility index (Phi) is 3.00. The fourth-order valence-corrected chi connectivity index (χ4v) is 1.04. The number of nitrogens with zero attached hydrogens (tertiary/aromatic N) is 4. The highest BCUT2D eigenvalue weighted by molar-refractivity contribution is 5.34. The summed E-state index contributed by atoms with van der Waals surface area (Å²) in [6.07, 6.45) is 1.22. The minimum atomic E-state index is -0.505. The van der Waals surface area contributed by atoms with Gasteiger partial charge in [0.2, 0.25) is 5.69 Å². The lowest BCUT2D eigenvalue weighted by atomic mass is 10.2. The van der Waals surface area contributed by atoms with E-state index in [1.807, 2.05) is 6.07 Å². The van der Waals surface area contributed by atoms with Gasteiger partial charge in [0, 0.05) is 18.3 Å². The van der Waals surface area contributed by atoms with E-state index >= 15 is 0 Å². The summed E-state index contributed by atoms with van der Waals surface area (Å²) < 4.78 is 5.68. The largest absolute Gasteiger partial charge is 0.471 e. The quantitative estimate of drug-likeness (QED) is 0.567. The molecule has 2 rings (SSSR count). The van der Waals surface area contributed by atoms with Gasteiger partial charge in [-0.2, -0.15) is 5.26 Å². The Labute approximate surface area is 84.9 Å². The highest BCUT2D eigenvalue weighted by atomic mass is 16.5. The Hall–Kier alpha value is -2.39. The van der Waals surface area contributed by atoms with E-state index in [9.17, 15) is 4.79 Å². The molecule has 2 aromatic rings. The lowest BCUT2D eigenvalue weighted by Crippen LogP contribution is -2.33. The first-order chi connectivity index (χ1) is 6.79. The van der Waals surface area contributed by atoms with Crippen molar-refractivity contribution in [3.63, 3.8) is 0 Å². The van der Waals surface area contributed by atoms with Gasteiger partial charge in [-0.15, -0.1) is 0 Å². The average molecular weight is 201 g/mol. The molecule has 0 fully saturated rings. The molecule has 15 heavy (non-hydrogen) atoms. The molecule has 0 aliphatic heterocycles. The summed E-state index contributed by atoms with van der Waals surface area (Å²) in [5.74, 6) is 0. The molecule has 0 bridgehead atoms. The Balaban J connectivity index is 0.00000112. The molecule has 0 aliphatic carbocycles. The minimum absolute atomic E-state index is 0. The van der Waals surface area contributed by atoms with Crippen molar-refractivity contribution in [2.75, 3.05) is 0 Å². The van der Waals surface area contributed by atoms with Crippen molar-refractivity contribution in [1.82, 2.24) is 11.4 Å². The number of benzene rings is 1. The maximum absolute atomic E-state index is 10.7. The zero-order chi connectivity index (χ0) is 9.97. The minimum Gasteiger partial charge on any atom is -0.471 e. The molecule has 73 valence electrons. The van der Waals surface area contributed by atoms with E-state index in [0.29, 0.717) is 11.3 Å². The Morgan fingerprint density at radius 3 is 2.47 bits per heavy atom. The van der Waals surface area contributed by atoms with Crippen LogP contribution in [0.25, 0.3) is 5.69 Å². The van der Waals surface area contributed by atoms with Crippen molar-refractivity contribution in [2.24, 2.45) is 0 Å². The van der Waals surface area contributed by atoms with E-state index < -0.39 is 5.63 Å². The molecule has 3 radical (unpaired) electrons. The van der Waals surface area contributed by atoms with Gasteiger partial charge in [-0.25, -0.2) is 14.7 Å². The zero-order valence-electron chi connectivity index (χ0n) is 7.49. The van der Waals surface area contributed by atoms with Gasteiger partial charge in [0.05, 0.1) is 11.6 Å². The van der Waals surface area contributed by atoms with Crippen LogP contribution in [0.1, 0.15) is 5.56 Å². The van der Waals surface area contributed by atoms with Crippen LogP contribution >= 0.6 is 0 Å². The molecule has 1 aromatic carbocycles. The van der Waals surface area contributed by atoms with Crippen LogP contribution < -0.4 is 21.7 Å². The fourth-order valence-electron chi connectivity index (χ4n) is 1.04. The summed E-state index contributed by atoms with van der Waals surface area (Å²) in [7, 11) is 0. The van der Waals surface area contributed by atoms with Gasteiger partial charge in [-0.05, 0) is 12.1 Å². The third-order valence-electron chi connectivity index (χ3n) is 1.71.